The fraction of sp³-hybridized carbons (Fsp3) is 0.533. The predicted octanol–water partition coefficient (Wildman–Crippen LogP) is 3.01. The standard InChI is InChI=1S/C15H21Cl2N3O/c1-20-8-3-2-5-11(20)9-18-10-14(21)19-15-12(16)6-4-7-13(15)17/h4,6-7,11,18H,2-3,5,8-10H2,1H3,(H,19,21). The molecule has 0 spiro atoms. The van der Waals surface area contributed by atoms with Crippen molar-refractivity contribution in [3.63, 3.8) is 0 Å². The molecule has 1 aromatic rings. The highest BCUT2D eigenvalue weighted by molar-refractivity contribution is 6.39. The summed E-state index contributed by atoms with van der Waals surface area (Å²) in [6.07, 6.45) is 3.71. The fourth-order valence-electron chi connectivity index (χ4n) is 2.56. The summed E-state index contributed by atoms with van der Waals surface area (Å²) < 4.78 is 0. The van der Waals surface area contributed by atoms with Crippen molar-refractivity contribution in [2.24, 2.45) is 0 Å². The van der Waals surface area contributed by atoms with Crippen LogP contribution in [0.5, 0.6) is 0 Å². The van der Waals surface area contributed by atoms with Gasteiger partial charge in [0.1, 0.15) is 0 Å². The first-order valence-electron chi connectivity index (χ1n) is 7.22. The Labute approximate surface area is 135 Å². The van der Waals surface area contributed by atoms with E-state index in [0.29, 0.717) is 21.8 Å². The van der Waals surface area contributed by atoms with Crippen molar-refractivity contribution >= 4 is 34.8 Å². The van der Waals surface area contributed by atoms with E-state index in [-0.39, 0.29) is 12.5 Å². The molecular weight excluding hydrogens is 309 g/mol. The Morgan fingerprint density at radius 3 is 2.71 bits per heavy atom. The SMILES string of the molecule is CN1CCCCC1CNCC(=O)Nc1c(Cl)cccc1Cl. The summed E-state index contributed by atoms with van der Waals surface area (Å²) in [4.78, 5) is 14.3. The summed E-state index contributed by atoms with van der Waals surface area (Å²) in [6.45, 7) is 2.21. The van der Waals surface area contributed by atoms with Crippen molar-refractivity contribution in [2.45, 2.75) is 25.3 Å². The largest absolute Gasteiger partial charge is 0.322 e. The van der Waals surface area contributed by atoms with Gasteiger partial charge in [0.25, 0.3) is 0 Å². The molecule has 6 heteroatoms. The van der Waals surface area contributed by atoms with Gasteiger partial charge in [-0.25, -0.2) is 0 Å². The van der Waals surface area contributed by atoms with E-state index in [4.69, 9.17) is 23.2 Å². The van der Waals surface area contributed by atoms with Gasteiger partial charge in [-0.2, -0.15) is 0 Å². The number of carbonyl (C=O) groups is 1. The van der Waals surface area contributed by atoms with Gasteiger partial charge < -0.3 is 15.5 Å². The molecule has 0 aliphatic carbocycles. The number of nitrogens with one attached hydrogen (secondary N) is 2. The van der Waals surface area contributed by atoms with Crippen LogP contribution < -0.4 is 10.6 Å². The van der Waals surface area contributed by atoms with Crippen molar-refractivity contribution in [3.05, 3.63) is 28.2 Å². The number of anilines is 1. The number of hydrogen-bond donors (Lipinski definition) is 2. The van der Waals surface area contributed by atoms with Crippen molar-refractivity contribution in [1.29, 1.82) is 0 Å². The number of hydrogen-bond acceptors (Lipinski definition) is 3. The van der Waals surface area contributed by atoms with Crippen molar-refractivity contribution in [1.82, 2.24) is 10.2 Å². The second kappa shape index (κ2) is 7.99. The zero-order chi connectivity index (χ0) is 15.2. The Bertz CT molecular complexity index is 476. The maximum atomic E-state index is 11.9. The van der Waals surface area contributed by atoms with Crippen LogP contribution in [-0.4, -0.2) is 43.5 Å². The number of halogens is 2. The number of likely N-dealkylation sites (tertiary alicyclic amines) is 1. The van der Waals surface area contributed by atoms with E-state index in [0.717, 1.165) is 13.1 Å². The minimum absolute atomic E-state index is 0.136. The molecule has 1 aromatic carbocycles. The molecular formula is C15H21Cl2N3O. The molecule has 1 atom stereocenters. The first-order valence-corrected chi connectivity index (χ1v) is 7.98. The third-order valence-corrected chi connectivity index (χ3v) is 4.44. The lowest BCUT2D eigenvalue weighted by Crippen LogP contribution is -2.44. The van der Waals surface area contributed by atoms with E-state index in [9.17, 15) is 4.79 Å². The molecule has 0 radical (unpaired) electrons. The van der Waals surface area contributed by atoms with Crippen LogP contribution in [0.3, 0.4) is 0 Å². The molecule has 1 fully saturated rings. The van der Waals surface area contributed by atoms with Crippen LogP contribution in [0.15, 0.2) is 18.2 Å². The quantitative estimate of drug-likeness (QED) is 0.872. The zero-order valence-corrected chi connectivity index (χ0v) is 13.7. The number of piperidine rings is 1. The average molecular weight is 330 g/mol. The minimum atomic E-state index is -0.136. The molecule has 116 valence electrons. The van der Waals surface area contributed by atoms with Crippen LogP contribution in [-0.2, 0) is 4.79 Å². The first kappa shape index (κ1) is 16.6. The summed E-state index contributed by atoms with van der Waals surface area (Å²) in [5.41, 5.74) is 0.474. The van der Waals surface area contributed by atoms with Gasteiger partial charge in [-0.1, -0.05) is 35.7 Å². The van der Waals surface area contributed by atoms with E-state index >= 15 is 0 Å². The van der Waals surface area contributed by atoms with Crippen molar-refractivity contribution in [3.8, 4) is 0 Å². The Hall–Kier alpha value is -0.810. The van der Waals surface area contributed by atoms with Gasteiger partial charge >= 0.3 is 0 Å². The molecule has 0 bridgehead atoms. The van der Waals surface area contributed by atoms with E-state index in [1.165, 1.54) is 19.3 Å². The van der Waals surface area contributed by atoms with Gasteiger partial charge in [0.2, 0.25) is 5.91 Å². The molecule has 1 saturated heterocycles. The number of carbonyl (C=O) groups excluding carboxylic acids is 1. The second-order valence-electron chi connectivity index (χ2n) is 5.41. The Morgan fingerprint density at radius 2 is 2.05 bits per heavy atom. The van der Waals surface area contributed by atoms with Gasteiger partial charge in [0, 0.05) is 12.6 Å². The Balaban J connectivity index is 1.77. The smallest absolute Gasteiger partial charge is 0.238 e. The summed E-state index contributed by atoms with van der Waals surface area (Å²) in [5.74, 6) is -0.136. The van der Waals surface area contributed by atoms with Gasteiger partial charge in [-0.05, 0) is 38.6 Å². The van der Waals surface area contributed by atoms with Gasteiger partial charge in [0.15, 0.2) is 0 Å². The van der Waals surface area contributed by atoms with E-state index in [2.05, 4.69) is 22.6 Å². The molecule has 1 aliphatic rings. The van der Waals surface area contributed by atoms with E-state index < -0.39 is 0 Å². The summed E-state index contributed by atoms with van der Waals surface area (Å²) >= 11 is 12.0. The molecule has 0 aromatic heterocycles. The van der Waals surface area contributed by atoms with Gasteiger partial charge in [0.05, 0.1) is 22.3 Å². The van der Waals surface area contributed by atoms with Crippen LogP contribution >= 0.6 is 23.2 Å². The highest BCUT2D eigenvalue weighted by atomic mass is 35.5. The molecule has 1 amide bonds. The van der Waals surface area contributed by atoms with Crippen LogP contribution in [0.2, 0.25) is 10.0 Å². The molecule has 2 N–H and O–H groups in total. The lowest BCUT2D eigenvalue weighted by molar-refractivity contribution is -0.115. The lowest BCUT2D eigenvalue weighted by atomic mass is 10.0. The summed E-state index contributed by atoms with van der Waals surface area (Å²) in [6, 6.07) is 5.66. The minimum Gasteiger partial charge on any atom is -0.322 e. The van der Waals surface area contributed by atoms with E-state index in [1.807, 2.05) is 0 Å². The van der Waals surface area contributed by atoms with Crippen molar-refractivity contribution < 1.29 is 4.79 Å². The second-order valence-corrected chi connectivity index (χ2v) is 6.22. The molecule has 4 nitrogen and oxygen atoms in total. The van der Waals surface area contributed by atoms with Crippen LogP contribution in [0.25, 0.3) is 0 Å². The molecule has 1 unspecified atom stereocenters. The number of benzene rings is 1. The highest BCUT2D eigenvalue weighted by Crippen LogP contribution is 2.29. The van der Waals surface area contributed by atoms with Crippen LogP contribution in [0.1, 0.15) is 19.3 Å². The highest BCUT2D eigenvalue weighted by Gasteiger charge is 2.18. The number of likely N-dealkylation sites (N-methyl/N-ethyl adjacent to an activating group) is 1. The predicted molar refractivity (Wildman–Crippen MR) is 88.2 cm³/mol. The maximum Gasteiger partial charge on any atom is 0.238 e. The molecule has 0 saturated carbocycles. The number of rotatable bonds is 5. The number of para-hydroxylation sites is 1. The van der Waals surface area contributed by atoms with Crippen LogP contribution in [0, 0.1) is 0 Å². The van der Waals surface area contributed by atoms with Crippen LogP contribution in [0.4, 0.5) is 5.69 Å². The third-order valence-electron chi connectivity index (χ3n) is 3.81. The molecule has 1 aliphatic heterocycles. The topological polar surface area (TPSA) is 44.4 Å². The summed E-state index contributed by atoms with van der Waals surface area (Å²) in [7, 11) is 2.13. The Kier molecular flexibility index (Phi) is 6.30. The average Bonchev–Trinajstić information content (AvgIpc) is 2.45. The molecule has 21 heavy (non-hydrogen) atoms. The van der Waals surface area contributed by atoms with Gasteiger partial charge in [-0.3, -0.25) is 4.79 Å². The summed E-state index contributed by atoms with van der Waals surface area (Å²) in [5, 5.41) is 6.85. The lowest BCUT2D eigenvalue weighted by Gasteiger charge is -2.32. The third kappa shape index (κ3) is 4.85. The number of amides is 1. The fourth-order valence-corrected chi connectivity index (χ4v) is 3.05. The zero-order valence-electron chi connectivity index (χ0n) is 12.2. The maximum absolute atomic E-state index is 11.9. The van der Waals surface area contributed by atoms with Crippen molar-refractivity contribution in [2.75, 3.05) is 32.0 Å². The Morgan fingerprint density at radius 1 is 1.33 bits per heavy atom. The van der Waals surface area contributed by atoms with E-state index in [1.54, 1.807) is 18.2 Å². The molecule has 2 rings (SSSR count). The first-order chi connectivity index (χ1) is 10.1. The van der Waals surface area contributed by atoms with Gasteiger partial charge in [-0.15, -0.1) is 0 Å². The number of nitrogens with zero attached hydrogens (tertiary/aromatic N) is 1. The monoisotopic (exact) mass is 329 g/mol. The molecule has 1 heterocycles. The normalized spacial score (nSPS) is 19.5.